The first kappa shape index (κ1) is 24.3. The first-order chi connectivity index (χ1) is 13.6. The van der Waals surface area contributed by atoms with Gasteiger partial charge in [0.05, 0.1) is 0 Å². The number of aliphatic imine (C=N–C) groups is 1. The summed E-state index contributed by atoms with van der Waals surface area (Å²) < 4.78 is 7.44. The maximum Gasteiger partial charge on any atom is 0.191 e. The van der Waals surface area contributed by atoms with Gasteiger partial charge in [-0.05, 0) is 53.0 Å². The molecule has 0 spiro atoms. The summed E-state index contributed by atoms with van der Waals surface area (Å²) in [7, 11) is 4.28. The van der Waals surface area contributed by atoms with Gasteiger partial charge < -0.3 is 24.8 Å². The van der Waals surface area contributed by atoms with Gasteiger partial charge >= 0.3 is 0 Å². The Morgan fingerprint density at radius 1 is 1.21 bits per heavy atom. The van der Waals surface area contributed by atoms with Crippen molar-refractivity contribution in [2.24, 2.45) is 12.0 Å². The molecule has 2 saturated heterocycles. The highest BCUT2D eigenvalue weighted by atomic mass is 127. The van der Waals surface area contributed by atoms with Crippen LogP contribution in [0.1, 0.15) is 57.1 Å². The van der Waals surface area contributed by atoms with Crippen molar-refractivity contribution in [3.05, 3.63) is 11.6 Å². The van der Waals surface area contributed by atoms with E-state index in [1.165, 1.54) is 32.1 Å². The fraction of sp³-hybridized carbons (Fsp3) is 0.850. The maximum absolute atomic E-state index is 5.45. The number of fused-ring (bicyclic) bond motifs is 2. The van der Waals surface area contributed by atoms with Crippen molar-refractivity contribution in [2.75, 3.05) is 26.8 Å². The molecule has 8 nitrogen and oxygen atoms in total. The lowest BCUT2D eigenvalue weighted by Gasteiger charge is -2.47. The number of rotatable bonds is 8. The number of aryl methyl sites for hydroxylation is 1. The van der Waals surface area contributed by atoms with Gasteiger partial charge in [0.1, 0.15) is 12.4 Å². The molecule has 2 fully saturated rings. The van der Waals surface area contributed by atoms with E-state index in [9.17, 15) is 0 Å². The van der Waals surface area contributed by atoms with Gasteiger partial charge in [-0.15, -0.1) is 34.2 Å². The number of guanidine groups is 1. The molecule has 2 N–H and O–H groups in total. The van der Waals surface area contributed by atoms with Crippen LogP contribution in [0, 0.1) is 6.92 Å². The summed E-state index contributed by atoms with van der Waals surface area (Å²) in [6.45, 7) is 6.91. The number of nitrogens with zero attached hydrogens (tertiary/aromatic N) is 5. The van der Waals surface area contributed by atoms with Crippen molar-refractivity contribution in [2.45, 2.75) is 77.0 Å². The van der Waals surface area contributed by atoms with Crippen LogP contribution in [0.5, 0.6) is 0 Å². The Bertz CT molecular complexity index is 637. The fourth-order valence-corrected chi connectivity index (χ4v) is 4.34. The molecule has 9 heteroatoms. The van der Waals surface area contributed by atoms with E-state index < -0.39 is 0 Å². The molecule has 1 aromatic rings. The summed E-state index contributed by atoms with van der Waals surface area (Å²) in [6, 6.07) is 1.88. The number of ether oxygens (including phenoxy) is 1. The Hall–Kier alpha value is -0.940. The van der Waals surface area contributed by atoms with Gasteiger partial charge in [-0.1, -0.05) is 6.42 Å². The monoisotopic (exact) mass is 519 g/mol. The number of piperidine rings is 2. The van der Waals surface area contributed by atoms with E-state index in [-0.39, 0.29) is 24.0 Å². The van der Waals surface area contributed by atoms with Crippen LogP contribution in [-0.2, 0) is 18.3 Å². The molecule has 2 bridgehead atoms. The molecule has 0 aromatic carbocycles. The third-order valence-corrected chi connectivity index (χ3v) is 6.20. The third kappa shape index (κ3) is 6.78. The van der Waals surface area contributed by atoms with Crippen molar-refractivity contribution >= 4 is 29.9 Å². The second kappa shape index (κ2) is 12.0. The average Bonchev–Trinajstić information content (AvgIpc) is 2.98. The van der Waals surface area contributed by atoms with Gasteiger partial charge in [0.15, 0.2) is 11.8 Å². The second-order valence-corrected chi connectivity index (χ2v) is 8.08. The van der Waals surface area contributed by atoms with Crippen LogP contribution in [-0.4, -0.2) is 70.6 Å². The fourth-order valence-electron chi connectivity index (χ4n) is 4.34. The number of hydrogen-bond acceptors (Lipinski definition) is 5. The zero-order chi connectivity index (χ0) is 19.9. The molecule has 2 aliphatic heterocycles. The minimum Gasteiger partial charge on any atom is -0.382 e. The average molecular weight is 519 g/mol. The Morgan fingerprint density at radius 3 is 2.55 bits per heavy atom. The summed E-state index contributed by atoms with van der Waals surface area (Å²) in [4.78, 5) is 7.40. The molecular weight excluding hydrogens is 481 g/mol. The van der Waals surface area contributed by atoms with E-state index in [4.69, 9.17) is 9.73 Å². The Labute approximate surface area is 192 Å². The Balaban J connectivity index is 0.00000300. The normalized spacial score (nSPS) is 24.8. The van der Waals surface area contributed by atoms with Crippen LogP contribution in [0.15, 0.2) is 4.99 Å². The molecule has 0 amide bonds. The molecule has 0 aliphatic carbocycles. The van der Waals surface area contributed by atoms with E-state index in [2.05, 4.69) is 32.8 Å². The van der Waals surface area contributed by atoms with Crippen molar-refractivity contribution in [3.63, 3.8) is 0 Å². The highest BCUT2D eigenvalue weighted by Gasteiger charge is 2.36. The molecule has 1 aromatic heterocycles. The number of halogens is 1. The molecule has 2 aliphatic rings. The minimum atomic E-state index is 0. The molecule has 2 atom stereocenters. The summed E-state index contributed by atoms with van der Waals surface area (Å²) in [5, 5.41) is 15.6. The van der Waals surface area contributed by atoms with E-state index in [1.54, 1.807) is 0 Å². The molecule has 3 heterocycles. The molecule has 29 heavy (non-hydrogen) atoms. The van der Waals surface area contributed by atoms with Crippen LogP contribution < -0.4 is 10.6 Å². The lowest BCUT2D eigenvalue weighted by Crippen LogP contribution is -2.56. The maximum atomic E-state index is 5.45. The zero-order valence-corrected chi connectivity index (χ0v) is 20.7. The van der Waals surface area contributed by atoms with E-state index >= 15 is 0 Å². The highest BCUT2D eigenvalue weighted by molar-refractivity contribution is 14.0. The number of aromatic nitrogens is 3. The molecule has 166 valence electrons. The van der Waals surface area contributed by atoms with Crippen molar-refractivity contribution in [1.82, 2.24) is 30.3 Å². The Morgan fingerprint density at radius 2 is 1.93 bits per heavy atom. The summed E-state index contributed by atoms with van der Waals surface area (Å²) in [5.41, 5.74) is 0. The summed E-state index contributed by atoms with van der Waals surface area (Å²) >= 11 is 0. The zero-order valence-electron chi connectivity index (χ0n) is 18.4. The van der Waals surface area contributed by atoms with Crippen molar-refractivity contribution < 1.29 is 4.74 Å². The van der Waals surface area contributed by atoms with Gasteiger partial charge in [-0.25, -0.2) is 4.99 Å². The molecule has 0 radical (unpaired) electrons. The quantitative estimate of drug-likeness (QED) is 0.238. The van der Waals surface area contributed by atoms with E-state index in [0.717, 1.165) is 43.8 Å². The topological polar surface area (TPSA) is 79.6 Å². The molecule has 3 rings (SSSR count). The van der Waals surface area contributed by atoms with Gasteiger partial charge in [-0.2, -0.15) is 0 Å². The predicted octanol–water partition coefficient (Wildman–Crippen LogP) is 2.22. The minimum absolute atomic E-state index is 0. The second-order valence-electron chi connectivity index (χ2n) is 8.08. The van der Waals surface area contributed by atoms with Gasteiger partial charge in [0.2, 0.25) is 0 Å². The number of nitrogens with one attached hydrogen (secondary N) is 2. The van der Waals surface area contributed by atoms with Crippen LogP contribution >= 0.6 is 24.0 Å². The molecule has 0 saturated carbocycles. The highest BCUT2D eigenvalue weighted by Crippen LogP contribution is 2.32. The standard InChI is InChI=1S/C20H37N7O.HI/c1-5-28-11-7-10-21-20(22-14-19-25-24-15(2)26(19)3)23-16-12-17-8-6-9-18(13-16)27(17)4;/h16-18H,5-14H2,1-4H3,(H2,21,22,23);1H. The lowest BCUT2D eigenvalue weighted by molar-refractivity contribution is 0.0526. The lowest BCUT2D eigenvalue weighted by atomic mass is 9.82. The van der Waals surface area contributed by atoms with E-state index in [0.29, 0.717) is 24.7 Å². The predicted molar refractivity (Wildman–Crippen MR) is 127 cm³/mol. The van der Waals surface area contributed by atoms with Gasteiger partial charge in [0, 0.05) is 44.9 Å². The number of hydrogen-bond donors (Lipinski definition) is 2. The first-order valence-corrected chi connectivity index (χ1v) is 10.8. The summed E-state index contributed by atoms with van der Waals surface area (Å²) in [6.07, 6.45) is 7.35. The largest absolute Gasteiger partial charge is 0.382 e. The van der Waals surface area contributed by atoms with Gasteiger partial charge in [0.25, 0.3) is 0 Å². The smallest absolute Gasteiger partial charge is 0.191 e. The Kier molecular flexibility index (Phi) is 10.1. The third-order valence-electron chi connectivity index (χ3n) is 6.20. The van der Waals surface area contributed by atoms with Crippen LogP contribution in [0.3, 0.4) is 0 Å². The van der Waals surface area contributed by atoms with Crippen LogP contribution in [0.25, 0.3) is 0 Å². The summed E-state index contributed by atoms with van der Waals surface area (Å²) in [5.74, 6) is 2.67. The van der Waals surface area contributed by atoms with Crippen molar-refractivity contribution in [1.29, 1.82) is 0 Å². The van der Waals surface area contributed by atoms with Crippen molar-refractivity contribution in [3.8, 4) is 0 Å². The molecular formula is C20H38IN7O. The van der Waals surface area contributed by atoms with E-state index in [1.807, 2.05) is 25.5 Å². The van der Waals surface area contributed by atoms with Crippen LogP contribution in [0.4, 0.5) is 0 Å². The SMILES string of the molecule is CCOCCCNC(=NCc1nnc(C)n1C)NC1CC2CCCC(C1)N2C.I. The van der Waals surface area contributed by atoms with Gasteiger partial charge in [-0.3, -0.25) is 0 Å². The molecule has 2 unspecified atom stereocenters. The van der Waals surface area contributed by atoms with Crippen LogP contribution in [0.2, 0.25) is 0 Å². The first-order valence-electron chi connectivity index (χ1n) is 10.8.